The maximum absolute atomic E-state index is 9.33. The second-order valence-electron chi connectivity index (χ2n) is 5.61. The fourth-order valence-corrected chi connectivity index (χ4v) is 2.54. The van der Waals surface area contributed by atoms with Crippen LogP contribution in [0.1, 0.15) is 22.8 Å². The number of nitriles is 6. The highest BCUT2D eigenvalue weighted by Crippen LogP contribution is 2.38. The van der Waals surface area contributed by atoms with Gasteiger partial charge in [-0.15, -0.1) is 0 Å². The SMILES string of the molecule is C=C(C#N)/C(C#N)=N\c1c(N)c2nc(C#N)c(C#N)nc2c2nc(C#N)c(C#N)nc12. The summed E-state index contributed by atoms with van der Waals surface area (Å²) in [6, 6.07) is 10.3. The van der Waals surface area contributed by atoms with Gasteiger partial charge in [-0.05, 0) is 0 Å². The van der Waals surface area contributed by atoms with E-state index in [4.69, 9.17) is 11.0 Å². The van der Waals surface area contributed by atoms with Gasteiger partial charge in [-0.25, -0.2) is 24.9 Å². The number of nitrogens with zero attached hydrogens (tertiary/aromatic N) is 11. The molecule has 1 aromatic carbocycles. The maximum atomic E-state index is 9.33. The van der Waals surface area contributed by atoms with Crippen LogP contribution in [0.3, 0.4) is 0 Å². The number of aliphatic imine (C=N–C) groups is 1. The van der Waals surface area contributed by atoms with Crippen molar-refractivity contribution in [3.63, 3.8) is 0 Å². The highest BCUT2D eigenvalue weighted by atomic mass is 14.9. The molecular formula is C19H4N12. The van der Waals surface area contributed by atoms with E-state index in [1.54, 1.807) is 36.4 Å². The van der Waals surface area contributed by atoms with Crippen molar-refractivity contribution in [3.8, 4) is 36.4 Å². The van der Waals surface area contributed by atoms with Crippen LogP contribution >= 0.6 is 0 Å². The Bertz CT molecular complexity index is 1620. The first-order chi connectivity index (χ1) is 14.9. The van der Waals surface area contributed by atoms with E-state index in [0.717, 1.165) is 0 Å². The molecular weight excluding hydrogens is 396 g/mol. The largest absolute Gasteiger partial charge is 0.395 e. The Balaban J connectivity index is 2.67. The highest BCUT2D eigenvalue weighted by Gasteiger charge is 2.22. The van der Waals surface area contributed by atoms with Crippen molar-refractivity contribution in [2.75, 3.05) is 5.73 Å². The molecule has 2 aromatic heterocycles. The lowest BCUT2D eigenvalue weighted by molar-refractivity contribution is 1.17. The molecule has 0 aliphatic carbocycles. The predicted octanol–water partition coefficient (Wildman–Crippen LogP) is 1.32. The number of rotatable bonds is 2. The van der Waals surface area contributed by atoms with Gasteiger partial charge in [0.1, 0.15) is 64.2 Å². The van der Waals surface area contributed by atoms with Gasteiger partial charge in [-0.1, -0.05) is 6.58 Å². The number of aromatic nitrogens is 4. The number of fused-ring (bicyclic) bond motifs is 3. The molecule has 0 atom stereocenters. The van der Waals surface area contributed by atoms with E-state index in [-0.39, 0.29) is 67.5 Å². The first kappa shape index (κ1) is 19.8. The minimum absolute atomic E-state index is 0.0619. The number of allylic oxidation sites excluding steroid dienone is 1. The first-order valence-electron chi connectivity index (χ1n) is 7.97. The van der Waals surface area contributed by atoms with E-state index >= 15 is 0 Å². The average molecular weight is 400 g/mol. The van der Waals surface area contributed by atoms with Gasteiger partial charge in [-0.2, -0.15) is 31.6 Å². The summed E-state index contributed by atoms with van der Waals surface area (Å²) in [7, 11) is 0. The molecule has 2 heterocycles. The minimum Gasteiger partial charge on any atom is -0.395 e. The second-order valence-corrected chi connectivity index (χ2v) is 5.61. The zero-order valence-corrected chi connectivity index (χ0v) is 15.2. The van der Waals surface area contributed by atoms with Crippen molar-refractivity contribution in [2.45, 2.75) is 0 Å². The molecule has 0 spiro atoms. The molecule has 0 amide bonds. The Morgan fingerprint density at radius 3 is 1.52 bits per heavy atom. The van der Waals surface area contributed by atoms with Crippen molar-refractivity contribution in [1.29, 1.82) is 31.6 Å². The standard InChI is InChI=1S/C19H4N12/c1-8(2-20)9(3-21)27-15-14(26)16-18(29-11(5-23)10(4-22)28-16)19-17(15)30-12(6-24)13(7-25)31-19/h1,26H2/b27-9-. The smallest absolute Gasteiger partial charge is 0.177 e. The van der Waals surface area contributed by atoms with E-state index in [2.05, 4.69) is 31.5 Å². The van der Waals surface area contributed by atoms with Crippen molar-refractivity contribution < 1.29 is 0 Å². The number of benzene rings is 1. The normalized spacial score (nSPS) is 10.2. The summed E-state index contributed by atoms with van der Waals surface area (Å²) < 4.78 is 0. The Kier molecular flexibility index (Phi) is 4.84. The fourth-order valence-electron chi connectivity index (χ4n) is 2.54. The summed E-state index contributed by atoms with van der Waals surface area (Å²) in [5, 5.41) is 55.5. The van der Waals surface area contributed by atoms with Gasteiger partial charge in [0.25, 0.3) is 0 Å². The van der Waals surface area contributed by atoms with Crippen LogP contribution in [0.5, 0.6) is 0 Å². The van der Waals surface area contributed by atoms with Gasteiger partial charge in [-0.3, -0.25) is 0 Å². The van der Waals surface area contributed by atoms with Crippen molar-refractivity contribution in [2.24, 2.45) is 4.99 Å². The molecule has 3 rings (SSSR count). The van der Waals surface area contributed by atoms with Crippen molar-refractivity contribution in [1.82, 2.24) is 19.9 Å². The molecule has 0 unspecified atom stereocenters. The predicted molar refractivity (Wildman–Crippen MR) is 103 cm³/mol. The van der Waals surface area contributed by atoms with Gasteiger partial charge in [0.2, 0.25) is 0 Å². The quantitative estimate of drug-likeness (QED) is 0.278. The Labute approximate surface area is 173 Å². The molecule has 3 aromatic rings. The zero-order chi connectivity index (χ0) is 22.7. The van der Waals surface area contributed by atoms with Crippen LogP contribution in [0.2, 0.25) is 0 Å². The minimum atomic E-state index is -0.387. The molecule has 0 saturated heterocycles. The Morgan fingerprint density at radius 2 is 1.10 bits per heavy atom. The van der Waals surface area contributed by atoms with Crippen LogP contribution in [0.15, 0.2) is 17.1 Å². The van der Waals surface area contributed by atoms with Gasteiger partial charge < -0.3 is 5.73 Å². The van der Waals surface area contributed by atoms with Crippen molar-refractivity contribution >= 4 is 39.2 Å². The van der Waals surface area contributed by atoms with E-state index in [1.807, 2.05) is 0 Å². The highest BCUT2D eigenvalue weighted by molar-refractivity contribution is 6.19. The third-order valence-corrected chi connectivity index (χ3v) is 3.92. The average Bonchev–Trinajstić information content (AvgIpc) is 2.81. The third kappa shape index (κ3) is 3.04. The molecule has 0 fully saturated rings. The number of hydrogen-bond acceptors (Lipinski definition) is 12. The topological polar surface area (TPSA) is 233 Å². The lowest BCUT2D eigenvalue weighted by atomic mass is 10.1. The molecule has 0 aliphatic heterocycles. The lowest BCUT2D eigenvalue weighted by Gasteiger charge is -2.11. The van der Waals surface area contributed by atoms with Gasteiger partial charge in [0, 0.05) is 0 Å². The van der Waals surface area contributed by atoms with Gasteiger partial charge >= 0.3 is 0 Å². The molecule has 0 saturated carbocycles. The lowest BCUT2D eigenvalue weighted by Crippen LogP contribution is -2.05. The summed E-state index contributed by atoms with van der Waals surface area (Å²) in [4.78, 5) is 20.3. The molecule has 140 valence electrons. The summed E-state index contributed by atoms with van der Waals surface area (Å²) in [5.74, 6) is 0. The fraction of sp³-hybridized carbons (Fsp3) is 0. The number of nitrogen functional groups attached to an aromatic ring is 1. The van der Waals surface area contributed by atoms with Crippen LogP contribution in [-0.2, 0) is 0 Å². The van der Waals surface area contributed by atoms with Crippen LogP contribution < -0.4 is 5.73 Å². The van der Waals surface area contributed by atoms with Crippen LogP contribution in [-0.4, -0.2) is 25.6 Å². The van der Waals surface area contributed by atoms with E-state index in [0.29, 0.717) is 0 Å². The molecule has 12 nitrogen and oxygen atoms in total. The molecule has 2 N–H and O–H groups in total. The third-order valence-electron chi connectivity index (χ3n) is 3.92. The van der Waals surface area contributed by atoms with E-state index in [9.17, 15) is 26.3 Å². The molecule has 12 heteroatoms. The van der Waals surface area contributed by atoms with Crippen LogP contribution in [0.4, 0.5) is 11.4 Å². The monoisotopic (exact) mass is 400 g/mol. The number of nitrogens with two attached hydrogens (primary N) is 1. The molecule has 0 radical (unpaired) electrons. The molecule has 0 bridgehead atoms. The van der Waals surface area contributed by atoms with Gasteiger partial charge in [0.15, 0.2) is 28.5 Å². The Morgan fingerprint density at radius 1 is 0.677 bits per heavy atom. The molecule has 31 heavy (non-hydrogen) atoms. The Hall–Kier alpha value is -5.95. The first-order valence-corrected chi connectivity index (χ1v) is 7.97. The summed E-state index contributed by atoms with van der Waals surface area (Å²) in [5.41, 5.74) is 3.46. The van der Waals surface area contributed by atoms with Crippen molar-refractivity contribution in [3.05, 3.63) is 34.9 Å². The summed E-state index contributed by atoms with van der Waals surface area (Å²) in [6.45, 7) is 3.43. The number of hydrogen-bond donors (Lipinski definition) is 1. The zero-order valence-electron chi connectivity index (χ0n) is 15.2. The summed E-state index contributed by atoms with van der Waals surface area (Å²) in [6.07, 6.45) is 0. The van der Waals surface area contributed by atoms with Gasteiger partial charge in [0.05, 0.1) is 11.3 Å². The van der Waals surface area contributed by atoms with E-state index < -0.39 is 0 Å². The van der Waals surface area contributed by atoms with Crippen LogP contribution in [0, 0.1) is 68.0 Å². The second kappa shape index (κ2) is 7.58. The summed E-state index contributed by atoms with van der Waals surface area (Å²) >= 11 is 0. The van der Waals surface area contributed by atoms with Crippen LogP contribution in [0.25, 0.3) is 22.1 Å². The maximum Gasteiger partial charge on any atom is 0.177 e. The molecule has 0 aliphatic rings. The number of anilines is 1. The van der Waals surface area contributed by atoms with E-state index in [1.165, 1.54) is 0 Å².